The standard InChI is InChI=1S/C71H58N2OS/c1-41(2)45-20-27-64-55(34-45)56-35-46(42(3)4)21-28-65(56)72(64)62-17-11-8-14-52(62)50-25-32-69-59(39-50)54-16-10-13-19-68(54)75(69,74)70-31-24-49-38-60(70)61-40-51(26-33-71(61)75)53-15-9-12-18-63(53)73-66-29-22-47(43(5)6)36-57(66)58-37-48(44(49)7)23-30-67(58)73/h8-44H,1-7H3. The minimum atomic E-state index is -4.20. The van der Waals surface area contributed by atoms with Crippen LogP contribution in [0.15, 0.2) is 220 Å². The summed E-state index contributed by atoms with van der Waals surface area (Å²) in [5, 5.41) is 5.10. The molecule has 0 fully saturated rings. The molecule has 16 rings (SSSR count). The van der Waals surface area contributed by atoms with Gasteiger partial charge in [-0.25, -0.2) is 0 Å². The Balaban J connectivity index is 0.965. The van der Waals surface area contributed by atoms with Crippen LogP contribution in [-0.4, -0.2) is 13.3 Å². The first kappa shape index (κ1) is 44.4. The van der Waals surface area contributed by atoms with Crippen molar-refractivity contribution in [2.75, 3.05) is 0 Å². The molecule has 364 valence electrons. The van der Waals surface area contributed by atoms with E-state index in [1.807, 2.05) is 0 Å². The molecule has 1 unspecified atom stereocenters. The Bertz CT molecular complexity index is 4490. The molecule has 6 heterocycles. The number of nitrogens with zero attached hydrogens (tertiary/aromatic N) is 2. The first-order chi connectivity index (χ1) is 36.4. The van der Waals surface area contributed by atoms with Gasteiger partial charge in [0.05, 0.1) is 33.4 Å². The van der Waals surface area contributed by atoms with Crippen LogP contribution >= 0.6 is 0 Å². The van der Waals surface area contributed by atoms with Crippen molar-refractivity contribution < 1.29 is 4.21 Å². The molecular weight excluding hydrogens is 929 g/mol. The zero-order chi connectivity index (χ0) is 50.8. The van der Waals surface area contributed by atoms with Crippen molar-refractivity contribution in [2.24, 2.45) is 0 Å². The van der Waals surface area contributed by atoms with E-state index in [4.69, 9.17) is 0 Å². The number of rotatable bonds is 5. The Labute approximate surface area is 439 Å². The molecule has 0 saturated carbocycles. The monoisotopic (exact) mass is 986 g/mol. The van der Waals surface area contributed by atoms with Gasteiger partial charge in [0, 0.05) is 67.2 Å². The van der Waals surface area contributed by atoms with Gasteiger partial charge in [0.15, 0.2) is 0 Å². The van der Waals surface area contributed by atoms with Crippen LogP contribution in [0.25, 0.3) is 99.5 Å². The Morgan fingerprint density at radius 1 is 0.347 bits per heavy atom. The fraction of sp³-hybridized carbons (Fsp3) is 0.155. The third kappa shape index (κ3) is 5.78. The molecule has 0 radical (unpaired) electrons. The average molecular weight is 987 g/mol. The van der Waals surface area contributed by atoms with Crippen molar-refractivity contribution in [3.63, 3.8) is 0 Å². The molecule has 8 bridgehead atoms. The van der Waals surface area contributed by atoms with Gasteiger partial charge in [-0.3, -0.25) is 4.21 Å². The molecule has 0 N–H and O–H groups in total. The molecule has 2 aromatic heterocycles. The second kappa shape index (κ2) is 15.5. The van der Waals surface area contributed by atoms with Gasteiger partial charge in [0.1, 0.15) is 0 Å². The van der Waals surface area contributed by atoms with Crippen LogP contribution in [0.3, 0.4) is 0 Å². The van der Waals surface area contributed by atoms with Gasteiger partial charge in [0.2, 0.25) is 0 Å². The maximum Gasteiger partial charge on any atom is 0.0541 e. The Morgan fingerprint density at radius 3 is 1.20 bits per heavy atom. The van der Waals surface area contributed by atoms with Gasteiger partial charge >= 0.3 is 0 Å². The lowest BCUT2D eigenvalue weighted by Crippen LogP contribution is -2.30. The summed E-state index contributed by atoms with van der Waals surface area (Å²) >= 11 is 0. The number of hydrogen-bond donors (Lipinski definition) is 0. The largest absolute Gasteiger partial charge is 0.309 e. The summed E-state index contributed by atoms with van der Waals surface area (Å²) in [4.78, 5) is 3.57. The highest BCUT2D eigenvalue weighted by molar-refractivity contribution is 8.21. The van der Waals surface area contributed by atoms with Crippen molar-refractivity contribution in [1.29, 1.82) is 0 Å². The van der Waals surface area contributed by atoms with Crippen molar-refractivity contribution >= 4 is 52.7 Å². The van der Waals surface area contributed by atoms with E-state index in [0.717, 1.165) is 75.5 Å². The van der Waals surface area contributed by atoms with Crippen LogP contribution in [0.2, 0.25) is 0 Å². The Hall–Kier alpha value is -8.05. The predicted octanol–water partition coefficient (Wildman–Crippen LogP) is 19.4. The highest BCUT2D eigenvalue weighted by Gasteiger charge is 2.57. The molecule has 75 heavy (non-hydrogen) atoms. The fourth-order valence-electron chi connectivity index (χ4n) is 13.6. The molecule has 12 aromatic rings. The maximum atomic E-state index is 18.2. The van der Waals surface area contributed by atoms with E-state index in [9.17, 15) is 0 Å². The topological polar surface area (TPSA) is 26.9 Å². The van der Waals surface area contributed by atoms with E-state index in [-0.39, 0.29) is 5.92 Å². The van der Waals surface area contributed by atoms with E-state index in [1.54, 1.807) is 0 Å². The molecular formula is C71H58N2OS. The Morgan fingerprint density at radius 2 is 0.707 bits per heavy atom. The number of hydrogen-bond acceptors (Lipinski definition) is 1. The summed E-state index contributed by atoms with van der Waals surface area (Å²) in [6, 6.07) is 75.0. The summed E-state index contributed by atoms with van der Waals surface area (Å²) in [6.07, 6.45) is 0. The summed E-state index contributed by atoms with van der Waals surface area (Å²) < 4.78 is 23.1. The molecule has 1 spiro atoms. The first-order valence-electron chi connectivity index (χ1n) is 27.0. The zero-order valence-electron chi connectivity index (χ0n) is 43.6. The fourth-order valence-corrected chi connectivity index (χ4v) is 18.7. The van der Waals surface area contributed by atoms with E-state index in [2.05, 4.69) is 258 Å². The van der Waals surface area contributed by atoms with Crippen molar-refractivity contribution in [2.45, 2.75) is 91.7 Å². The number of para-hydroxylation sites is 2. The smallest absolute Gasteiger partial charge is 0.0541 e. The summed E-state index contributed by atoms with van der Waals surface area (Å²) in [5.41, 5.74) is 22.2. The number of aromatic nitrogens is 2. The van der Waals surface area contributed by atoms with Crippen LogP contribution in [0, 0.1) is 0 Å². The van der Waals surface area contributed by atoms with E-state index >= 15 is 4.21 Å². The van der Waals surface area contributed by atoms with Gasteiger partial charge in [-0.05, 0) is 182 Å². The van der Waals surface area contributed by atoms with Crippen LogP contribution in [0.5, 0.6) is 0 Å². The van der Waals surface area contributed by atoms with Crippen molar-refractivity contribution in [3.05, 3.63) is 228 Å². The second-order valence-corrected chi connectivity index (χ2v) is 26.3. The number of fused-ring (bicyclic) bond motifs is 12. The predicted molar refractivity (Wildman–Crippen MR) is 314 cm³/mol. The van der Waals surface area contributed by atoms with Gasteiger partial charge in [0.25, 0.3) is 0 Å². The third-order valence-electron chi connectivity index (χ3n) is 17.6. The molecule has 1 atom stereocenters. The van der Waals surface area contributed by atoms with Crippen LogP contribution in [-0.2, 0) is 9.07 Å². The lowest BCUT2D eigenvalue weighted by Gasteiger charge is -2.39. The molecule has 0 saturated heterocycles. The quantitative estimate of drug-likeness (QED) is 0.169. The molecule has 0 amide bonds. The van der Waals surface area contributed by atoms with Gasteiger partial charge in [-0.15, -0.1) is 0 Å². The molecule has 4 aliphatic heterocycles. The zero-order valence-corrected chi connectivity index (χ0v) is 44.4. The molecule has 4 heteroatoms. The lowest BCUT2D eigenvalue weighted by atomic mass is 9.89. The maximum absolute atomic E-state index is 18.2. The Kier molecular flexibility index (Phi) is 9.19. The normalized spacial score (nSPS) is 16.0. The molecule has 0 aliphatic carbocycles. The first-order valence-corrected chi connectivity index (χ1v) is 28.9. The summed E-state index contributed by atoms with van der Waals surface area (Å²) in [7, 11) is -4.20. The van der Waals surface area contributed by atoms with E-state index in [0.29, 0.717) is 17.8 Å². The van der Waals surface area contributed by atoms with Crippen molar-refractivity contribution in [3.8, 4) is 55.9 Å². The molecule has 3 nitrogen and oxygen atoms in total. The summed E-state index contributed by atoms with van der Waals surface area (Å²) in [6.45, 7) is 16.0. The highest BCUT2D eigenvalue weighted by atomic mass is 32.3. The highest BCUT2D eigenvalue weighted by Crippen LogP contribution is 2.71. The van der Waals surface area contributed by atoms with Crippen LogP contribution < -0.4 is 0 Å². The van der Waals surface area contributed by atoms with Crippen LogP contribution in [0.4, 0.5) is 0 Å². The van der Waals surface area contributed by atoms with Gasteiger partial charge in [-0.1, -0.05) is 146 Å². The van der Waals surface area contributed by atoms with E-state index in [1.165, 1.54) is 71.4 Å². The molecule has 10 aromatic carbocycles. The SMILES string of the molecule is CC(C)c1ccc2c(c1)c1cc(C(C)C)ccc1n2-c1ccccc1-c1ccc2c(c1)-c1ccccc1S21(=O)c2ccc3cc2-c2cc(ccc21)C(C)c1ccc2c(c1)c1cc(C(C)C)ccc1n2-c1ccccc1-3. The van der Waals surface area contributed by atoms with Gasteiger partial charge in [-0.2, -0.15) is 0 Å². The minimum Gasteiger partial charge on any atom is -0.309 e. The summed E-state index contributed by atoms with van der Waals surface area (Å²) in [5.74, 6) is 1.33. The van der Waals surface area contributed by atoms with Gasteiger partial charge < -0.3 is 9.13 Å². The third-order valence-corrected chi connectivity index (χ3v) is 22.4. The van der Waals surface area contributed by atoms with Crippen molar-refractivity contribution in [1.82, 2.24) is 9.13 Å². The average Bonchev–Trinajstić information content (AvgIpc) is 4.19. The number of benzene rings is 10. The second-order valence-electron chi connectivity index (χ2n) is 22.6. The van der Waals surface area contributed by atoms with E-state index < -0.39 is 9.07 Å². The minimum absolute atomic E-state index is 0.0835. The van der Waals surface area contributed by atoms with Crippen LogP contribution in [0.1, 0.15) is 100.0 Å². The molecule has 4 aliphatic rings. The lowest BCUT2D eigenvalue weighted by molar-refractivity contribution is 0.658.